The first kappa shape index (κ1) is 19.2. The summed E-state index contributed by atoms with van der Waals surface area (Å²) in [5.74, 6) is -0.958. The zero-order valence-electron chi connectivity index (χ0n) is 15.8. The Bertz CT molecular complexity index is 1350. The summed E-state index contributed by atoms with van der Waals surface area (Å²) in [7, 11) is -3.95. The number of aryl methyl sites for hydroxylation is 2. The molecule has 0 aliphatic carbocycles. The second-order valence-electron chi connectivity index (χ2n) is 6.92. The van der Waals surface area contributed by atoms with Crippen LogP contribution in [0.15, 0.2) is 76.7 Å². The smallest absolute Gasteiger partial charge is 0.208 e. The summed E-state index contributed by atoms with van der Waals surface area (Å²) < 4.78 is 54.4. The predicted molar refractivity (Wildman–Crippen MR) is 108 cm³/mol. The Kier molecular flexibility index (Phi) is 4.67. The summed E-state index contributed by atoms with van der Waals surface area (Å²) in [6.45, 7) is 3.74. The molecule has 1 aromatic heterocycles. The van der Waals surface area contributed by atoms with Crippen molar-refractivity contribution in [3.63, 3.8) is 0 Å². The average Bonchev–Trinajstić information content (AvgIpc) is 2.69. The van der Waals surface area contributed by atoms with Gasteiger partial charge in [-0.2, -0.15) is 0 Å². The van der Waals surface area contributed by atoms with E-state index in [9.17, 15) is 17.2 Å². The largest absolute Gasteiger partial charge is 0.255 e. The van der Waals surface area contributed by atoms with Crippen LogP contribution in [0.4, 0.5) is 8.78 Å². The molecule has 4 rings (SSSR count). The normalized spacial score (nSPS) is 11.7. The molecular formula is C23H17F2NO2S. The maximum Gasteiger partial charge on any atom is 0.208 e. The van der Waals surface area contributed by atoms with Crippen LogP contribution in [0.1, 0.15) is 11.1 Å². The van der Waals surface area contributed by atoms with Crippen molar-refractivity contribution >= 4 is 20.7 Å². The molecule has 0 fully saturated rings. The van der Waals surface area contributed by atoms with Gasteiger partial charge in [-0.25, -0.2) is 17.2 Å². The number of sulfone groups is 1. The van der Waals surface area contributed by atoms with Gasteiger partial charge in [0.2, 0.25) is 9.84 Å². The standard InChI is InChI=1S/C23H17F2NO2S/c1-14-3-9-19(11-15(14)2)29(27,28)22-13-26-21-10-8-18(25)12-20(21)23(22)16-4-6-17(24)7-5-16/h3-13H,1-2H3. The molecule has 0 bridgehead atoms. The lowest BCUT2D eigenvalue weighted by Gasteiger charge is -2.14. The van der Waals surface area contributed by atoms with Gasteiger partial charge in [0, 0.05) is 17.1 Å². The summed E-state index contributed by atoms with van der Waals surface area (Å²) in [4.78, 5) is 4.31. The summed E-state index contributed by atoms with van der Waals surface area (Å²) in [5.41, 5.74) is 3.03. The van der Waals surface area contributed by atoms with Crippen LogP contribution in [0.5, 0.6) is 0 Å². The molecule has 0 saturated heterocycles. The van der Waals surface area contributed by atoms with Crippen molar-refractivity contribution in [2.75, 3.05) is 0 Å². The molecular weight excluding hydrogens is 392 g/mol. The fourth-order valence-corrected chi connectivity index (χ4v) is 4.79. The average molecular weight is 409 g/mol. The van der Waals surface area contributed by atoms with Crippen LogP contribution >= 0.6 is 0 Å². The fraction of sp³-hybridized carbons (Fsp3) is 0.0870. The van der Waals surface area contributed by atoms with Gasteiger partial charge in [-0.3, -0.25) is 4.98 Å². The van der Waals surface area contributed by atoms with Gasteiger partial charge in [0.05, 0.1) is 15.3 Å². The first-order chi connectivity index (χ1) is 13.8. The second kappa shape index (κ2) is 7.04. The second-order valence-corrected chi connectivity index (χ2v) is 8.83. The van der Waals surface area contributed by atoms with Gasteiger partial charge in [-0.05, 0) is 73.0 Å². The Hall–Kier alpha value is -3.12. The van der Waals surface area contributed by atoms with Crippen LogP contribution in [-0.2, 0) is 9.84 Å². The molecule has 0 N–H and O–H groups in total. The SMILES string of the molecule is Cc1ccc(S(=O)(=O)c2cnc3ccc(F)cc3c2-c2ccc(F)cc2)cc1C. The van der Waals surface area contributed by atoms with Gasteiger partial charge < -0.3 is 0 Å². The van der Waals surface area contributed by atoms with Crippen molar-refractivity contribution in [3.05, 3.63) is 89.6 Å². The number of nitrogens with zero attached hydrogens (tertiary/aromatic N) is 1. The highest BCUT2D eigenvalue weighted by Gasteiger charge is 2.25. The first-order valence-corrected chi connectivity index (χ1v) is 10.4. The van der Waals surface area contributed by atoms with Crippen LogP contribution in [0, 0.1) is 25.5 Å². The molecule has 4 aromatic rings. The van der Waals surface area contributed by atoms with E-state index in [2.05, 4.69) is 4.98 Å². The minimum Gasteiger partial charge on any atom is -0.255 e. The zero-order chi connectivity index (χ0) is 20.8. The molecule has 0 amide bonds. The third kappa shape index (κ3) is 3.40. The Labute approximate surface area is 167 Å². The van der Waals surface area contributed by atoms with E-state index in [0.29, 0.717) is 22.0 Å². The van der Waals surface area contributed by atoms with Crippen LogP contribution in [0.3, 0.4) is 0 Å². The molecule has 0 atom stereocenters. The zero-order valence-corrected chi connectivity index (χ0v) is 16.6. The molecule has 0 unspecified atom stereocenters. The lowest BCUT2D eigenvalue weighted by atomic mass is 10.0. The number of rotatable bonds is 3. The molecule has 0 aliphatic rings. The number of pyridine rings is 1. The van der Waals surface area contributed by atoms with E-state index in [-0.39, 0.29) is 9.79 Å². The van der Waals surface area contributed by atoms with E-state index < -0.39 is 21.5 Å². The Balaban J connectivity index is 2.07. The van der Waals surface area contributed by atoms with Crippen molar-refractivity contribution in [3.8, 4) is 11.1 Å². The molecule has 0 spiro atoms. The number of benzene rings is 3. The monoisotopic (exact) mass is 409 g/mol. The number of aromatic nitrogens is 1. The minimum absolute atomic E-state index is 0.0505. The van der Waals surface area contributed by atoms with Gasteiger partial charge in [-0.1, -0.05) is 18.2 Å². The van der Waals surface area contributed by atoms with E-state index in [1.165, 1.54) is 48.7 Å². The molecule has 0 radical (unpaired) electrons. The summed E-state index contributed by atoms with van der Waals surface area (Å²) in [6.07, 6.45) is 1.28. The van der Waals surface area contributed by atoms with E-state index in [0.717, 1.165) is 11.1 Å². The van der Waals surface area contributed by atoms with E-state index in [1.807, 2.05) is 13.8 Å². The molecule has 6 heteroatoms. The Morgan fingerprint density at radius 2 is 1.48 bits per heavy atom. The maximum absolute atomic E-state index is 14.0. The van der Waals surface area contributed by atoms with Crippen LogP contribution in [0.2, 0.25) is 0 Å². The maximum atomic E-state index is 14.0. The molecule has 146 valence electrons. The van der Waals surface area contributed by atoms with Crippen molar-refractivity contribution in [1.29, 1.82) is 0 Å². The van der Waals surface area contributed by atoms with Gasteiger partial charge >= 0.3 is 0 Å². The van der Waals surface area contributed by atoms with Gasteiger partial charge in [0.25, 0.3) is 0 Å². The number of hydrogen-bond acceptors (Lipinski definition) is 3. The molecule has 3 aromatic carbocycles. The molecule has 0 aliphatic heterocycles. The fourth-order valence-electron chi connectivity index (χ4n) is 3.27. The third-order valence-electron chi connectivity index (χ3n) is 5.01. The highest BCUT2D eigenvalue weighted by atomic mass is 32.2. The van der Waals surface area contributed by atoms with E-state index >= 15 is 0 Å². The van der Waals surface area contributed by atoms with Crippen molar-refractivity contribution in [2.45, 2.75) is 23.6 Å². The Morgan fingerprint density at radius 1 is 0.793 bits per heavy atom. The van der Waals surface area contributed by atoms with Gasteiger partial charge in [-0.15, -0.1) is 0 Å². The van der Waals surface area contributed by atoms with Gasteiger partial charge in [0.1, 0.15) is 11.6 Å². The lowest BCUT2D eigenvalue weighted by Crippen LogP contribution is -2.06. The minimum atomic E-state index is -3.95. The predicted octanol–water partition coefficient (Wildman–Crippen LogP) is 5.63. The summed E-state index contributed by atoms with van der Waals surface area (Å²) in [6, 6.07) is 14.3. The van der Waals surface area contributed by atoms with Crippen LogP contribution in [0.25, 0.3) is 22.0 Å². The Morgan fingerprint density at radius 3 is 2.17 bits per heavy atom. The molecule has 0 saturated carbocycles. The van der Waals surface area contributed by atoms with Crippen molar-refractivity contribution in [2.24, 2.45) is 0 Å². The van der Waals surface area contributed by atoms with Crippen LogP contribution in [-0.4, -0.2) is 13.4 Å². The van der Waals surface area contributed by atoms with Crippen molar-refractivity contribution < 1.29 is 17.2 Å². The number of fused-ring (bicyclic) bond motifs is 1. The van der Waals surface area contributed by atoms with Crippen LogP contribution < -0.4 is 0 Å². The molecule has 29 heavy (non-hydrogen) atoms. The number of hydrogen-bond donors (Lipinski definition) is 0. The third-order valence-corrected chi connectivity index (χ3v) is 6.77. The number of halogens is 2. The quantitative estimate of drug-likeness (QED) is 0.441. The van der Waals surface area contributed by atoms with Crippen molar-refractivity contribution in [1.82, 2.24) is 4.98 Å². The lowest BCUT2D eigenvalue weighted by molar-refractivity contribution is 0.596. The molecule has 1 heterocycles. The highest BCUT2D eigenvalue weighted by molar-refractivity contribution is 7.91. The van der Waals surface area contributed by atoms with E-state index in [1.54, 1.807) is 18.2 Å². The van der Waals surface area contributed by atoms with Gasteiger partial charge in [0.15, 0.2) is 0 Å². The topological polar surface area (TPSA) is 47.0 Å². The summed E-state index contributed by atoms with van der Waals surface area (Å²) >= 11 is 0. The summed E-state index contributed by atoms with van der Waals surface area (Å²) in [5, 5.41) is 0.349. The highest BCUT2D eigenvalue weighted by Crippen LogP contribution is 2.37. The first-order valence-electron chi connectivity index (χ1n) is 8.94. The molecule has 3 nitrogen and oxygen atoms in total. The van der Waals surface area contributed by atoms with E-state index in [4.69, 9.17) is 0 Å².